The summed E-state index contributed by atoms with van der Waals surface area (Å²) < 4.78 is 17.1. The molecule has 10 heteroatoms. The summed E-state index contributed by atoms with van der Waals surface area (Å²) in [6.07, 6.45) is 1.30. The summed E-state index contributed by atoms with van der Waals surface area (Å²) in [5.74, 6) is -0.102. The van der Waals surface area contributed by atoms with E-state index in [0.29, 0.717) is 52.0 Å². The molecule has 206 valence electrons. The molecular formula is C28H36ClN3O6. The fourth-order valence-electron chi connectivity index (χ4n) is 4.99. The number of amides is 1. The second kappa shape index (κ2) is 13.8. The van der Waals surface area contributed by atoms with Crippen LogP contribution in [0.2, 0.25) is 0 Å². The zero-order chi connectivity index (χ0) is 26.8. The number of hydrogen-bond donors (Lipinski definition) is 3. The van der Waals surface area contributed by atoms with Crippen molar-refractivity contribution in [3.63, 3.8) is 0 Å². The molecule has 2 fully saturated rings. The molecule has 38 heavy (non-hydrogen) atoms. The van der Waals surface area contributed by atoms with Gasteiger partial charge in [-0.1, -0.05) is 48.5 Å². The first-order valence-corrected chi connectivity index (χ1v) is 13.5. The van der Waals surface area contributed by atoms with Crippen molar-refractivity contribution in [2.75, 3.05) is 26.3 Å². The number of benzene rings is 2. The lowest BCUT2D eigenvalue weighted by Gasteiger charge is -2.45. The van der Waals surface area contributed by atoms with Crippen LogP contribution in [0.5, 0.6) is 5.75 Å². The molecular weight excluding hydrogens is 510 g/mol. The van der Waals surface area contributed by atoms with E-state index in [4.69, 9.17) is 25.8 Å². The normalized spacial score (nSPS) is 23.0. The number of likely N-dealkylation sites (tertiary alicyclic amines) is 1. The number of nitrogens with one attached hydrogen (secondary N) is 2. The number of rotatable bonds is 11. The topological polar surface area (TPSA) is 109 Å². The van der Waals surface area contributed by atoms with Gasteiger partial charge in [0.25, 0.3) is 0 Å². The molecule has 2 saturated heterocycles. The maximum atomic E-state index is 12.6. The van der Waals surface area contributed by atoms with E-state index < -0.39 is 11.5 Å². The maximum absolute atomic E-state index is 12.6. The number of ether oxygens (including phenoxy) is 3. The Kier molecular flexibility index (Phi) is 10.2. The van der Waals surface area contributed by atoms with E-state index in [9.17, 15) is 14.7 Å². The molecule has 2 heterocycles. The number of halogens is 1. The van der Waals surface area contributed by atoms with Gasteiger partial charge in [0.15, 0.2) is 0 Å². The first-order chi connectivity index (χ1) is 18.4. The van der Waals surface area contributed by atoms with Crippen LogP contribution in [0.3, 0.4) is 0 Å². The number of nitrogens with zero attached hydrogens (tertiary/aromatic N) is 1. The van der Waals surface area contributed by atoms with Crippen LogP contribution in [0.25, 0.3) is 0 Å². The van der Waals surface area contributed by atoms with Crippen LogP contribution in [0.1, 0.15) is 37.7 Å². The summed E-state index contributed by atoms with van der Waals surface area (Å²) in [5.41, 5.74) is 0.247. The number of aliphatic carboxylic acids is 1. The Bertz CT molecular complexity index is 1020. The monoisotopic (exact) mass is 545 g/mol. The molecule has 0 aliphatic carbocycles. The first kappa shape index (κ1) is 28.2. The van der Waals surface area contributed by atoms with Crippen molar-refractivity contribution in [3.8, 4) is 5.75 Å². The van der Waals surface area contributed by atoms with Gasteiger partial charge in [-0.15, -0.1) is 11.6 Å². The van der Waals surface area contributed by atoms with Crippen molar-refractivity contribution >= 4 is 23.7 Å². The molecule has 0 aromatic heterocycles. The Labute approximate surface area is 228 Å². The molecule has 0 bridgehead atoms. The molecule has 3 atom stereocenters. The number of piperidine rings is 2. The summed E-state index contributed by atoms with van der Waals surface area (Å²) >= 11 is 6.56. The fraction of sp³-hybridized carbons (Fsp3) is 0.500. The van der Waals surface area contributed by atoms with Crippen LogP contribution >= 0.6 is 11.6 Å². The van der Waals surface area contributed by atoms with E-state index in [2.05, 4.69) is 10.6 Å². The lowest BCUT2D eigenvalue weighted by molar-refractivity contribution is -0.139. The van der Waals surface area contributed by atoms with Crippen molar-refractivity contribution in [2.24, 2.45) is 0 Å². The Morgan fingerprint density at radius 1 is 1.03 bits per heavy atom. The smallest absolute Gasteiger partial charge is 0.410 e. The standard InChI is InChI=1S/C28H36ClN3O6/c29-22-17-24(30-25(18-22)37-16-15-36-23-9-5-2-6-10-23)31-28(19-26(33)34)11-13-32(14-12-28)27(35)38-20-21-7-3-1-4-8-21/h1-10,22,24-25,30-31H,11-20H2,(H,33,34). The van der Waals surface area contributed by atoms with Crippen LogP contribution in [0, 0.1) is 0 Å². The third-order valence-electron chi connectivity index (χ3n) is 6.92. The summed E-state index contributed by atoms with van der Waals surface area (Å²) in [6.45, 7) is 1.81. The Balaban J connectivity index is 1.26. The molecule has 9 nitrogen and oxygen atoms in total. The van der Waals surface area contributed by atoms with Crippen LogP contribution in [0.15, 0.2) is 60.7 Å². The molecule has 4 rings (SSSR count). The highest BCUT2D eigenvalue weighted by Crippen LogP contribution is 2.29. The van der Waals surface area contributed by atoms with Gasteiger partial charge in [-0.2, -0.15) is 0 Å². The van der Waals surface area contributed by atoms with Gasteiger partial charge in [-0.3, -0.25) is 15.4 Å². The Hall–Kier alpha value is -2.85. The number of alkyl halides is 1. The zero-order valence-electron chi connectivity index (χ0n) is 21.4. The van der Waals surface area contributed by atoms with Crippen molar-refractivity contribution < 1.29 is 28.9 Å². The van der Waals surface area contributed by atoms with Gasteiger partial charge in [-0.05, 0) is 37.0 Å². The lowest BCUT2D eigenvalue weighted by Crippen LogP contribution is -2.64. The third-order valence-corrected chi connectivity index (χ3v) is 7.27. The number of carboxylic acids is 1. The SMILES string of the molecule is O=C(O)CC1(NC2CC(Cl)CC(OCCOc3ccccc3)N2)CCN(C(=O)OCc2ccccc2)CC1. The Morgan fingerprint density at radius 3 is 2.39 bits per heavy atom. The van der Waals surface area contributed by atoms with Gasteiger partial charge in [0.1, 0.15) is 25.2 Å². The third kappa shape index (κ3) is 8.59. The second-order valence-electron chi connectivity index (χ2n) is 9.83. The van der Waals surface area contributed by atoms with Crippen molar-refractivity contribution in [1.29, 1.82) is 0 Å². The molecule has 3 N–H and O–H groups in total. The van der Waals surface area contributed by atoms with Gasteiger partial charge < -0.3 is 24.2 Å². The van der Waals surface area contributed by atoms with Gasteiger partial charge in [0.05, 0.1) is 19.2 Å². The number of carboxylic acid groups (broad SMARTS) is 1. The minimum atomic E-state index is -0.887. The van der Waals surface area contributed by atoms with Crippen LogP contribution in [-0.4, -0.2) is 71.7 Å². The largest absolute Gasteiger partial charge is 0.491 e. The molecule has 2 aliphatic rings. The molecule has 0 saturated carbocycles. The van der Waals surface area contributed by atoms with Gasteiger partial charge in [-0.25, -0.2) is 4.79 Å². The molecule has 2 aromatic carbocycles. The van der Waals surface area contributed by atoms with Crippen LogP contribution in [-0.2, 0) is 20.9 Å². The average molecular weight is 546 g/mol. The lowest BCUT2D eigenvalue weighted by atomic mass is 9.83. The molecule has 0 spiro atoms. The van der Waals surface area contributed by atoms with Gasteiger partial charge >= 0.3 is 12.1 Å². The second-order valence-corrected chi connectivity index (χ2v) is 10.4. The van der Waals surface area contributed by atoms with Gasteiger partial charge in [0, 0.05) is 30.4 Å². The predicted molar refractivity (Wildman–Crippen MR) is 143 cm³/mol. The number of carbonyl (C=O) groups is 2. The summed E-state index contributed by atoms with van der Waals surface area (Å²) in [6, 6.07) is 19.1. The van der Waals surface area contributed by atoms with Crippen LogP contribution < -0.4 is 15.4 Å². The summed E-state index contributed by atoms with van der Waals surface area (Å²) in [4.78, 5) is 26.0. The Morgan fingerprint density at radius 2 is 1.71 bits per heavy atom. The van der Waals surface area contributed by atoms with E-state index in [1.807, 2.05) is 60.7 Å². The number of para-hydroxylation sites is 1. The quantitative estimate of drug-likeness (QED) is 0.287. The summed E-state index contributed by atoms with van der Waals surface area (Å²) in [7, 11) is 0. The van der Waals surface area contributed by atoms with E-state index in [-0.39, 0.29) is 36.9 Å². The highest BCUT2D eigenvalue weighted by atomic mass is 35.5. The minimum absolute atomic E-state index is 0.0541. The van der Waals surface area contributed by atoms with E-state index >= 15 is 0 Å². The van der Waals surface area contributed by atoms with E-state index in [1.54, 1.807) is 4.90 Å². The van der Waals surface area contributed by atoms with Crippen LogP contribution in [0.4, 0.5) is 4.79 Å². The van der Waals surface area contributed by atoms with Gasteiger partial charge in [0.2, 0.25) is 0 Å². The minimum Gasteiger partial charge on any atom is -0.491 e. The first-order valence-electron chi connectivity index (χ1n) is 13.1. The highest BCUT2D eigenvalue weighted by Gasteiger charge is 2.41. The van der Waals surface area contributed by atoms with Crippen molar-refractivity contribution in [2.45, 2.75) is 62.0 Å². The highest BCUT2D eigenvalue weighted by molar-refractivity contribution is 6.20. The zero-order valence-corrected chi connectivity index (χ0v) is 22.1. The molecule has 3 unspecified atom stereocenters. The maximum Gasteiger partial charge on any atom is 0.410 e. The average Bonchev–Trinajstić information content (AvgIpc) is 2.90. The van der Waals surface area contributed by atoms with Crippen molar-refractivity contribution in [3.05, 3.63) is 66.2 Å². The fourth-order valence-corrected chi connectivity index (χ4v) is 5.33. The molecule has 2 aromatic rings. The van der Waals surface area contributed by atoms with E-state index in [0.717, 1.165) is 11.3 Å². The van der Waals surface area contributed by atoms with Crippen molar-refractivity contribution in [1.82, 2.24) is 15.5 Å². The predicted octanol–water partition coefficient (Wildman–Crippen LogP) is 3.96. The molecule has 1 amide bonds. The summed E-state index contributed by atoms with van der Waals surface area (Å²) in [5, 5.41) is 16.5. The molecule has 0 radical (unpaired) electrons. The number of carbonyl (C=O) groups excluding carboxylic acids is 1. The number of hydrogen-bond acceptors (Lipinski definition) is 7. The molecule has 2 aliphatic heterocycles. The van der Waals surface area contributed by atoms with E-state index in [1.165, 1.54) is 0 Å².